The largest absolute Gasteiger partial charge is 0.385 e. The molecule has 2 rings (SSSR count). The van der Waals surface area contributed by atoms with Gasteiger partial charge in [-0.25, -0.2) is 8.78 Å². The molecular formula is C15H14F2O2. The van der Waals surface area contributed by atoms with Crippen LogP contribution in [0.15, 0.2) is 60.7 Å². The van der Waals surface area contributed by atoms with Crippen molar-refractivity contribution in [2.75, 3.05) is 0 Å². The van der Waals surface area contributed by atoms with Crippen LogP contribution in [0.2, 0.25) is 0 Å². The lowest BCUT2D eigenvalue weighted by Gasteiger charge is -2.32. The fraction of sp³-hybridized carbons (Fsp3) is 0.200. The molecule has 0 bridgehead atoms. The fourth-order valence-electron chi connectivity index (χ4n) is 2.00. The third kappa shape index (κ3) is 2.50. The third-order valence-corrected chi connectivity index (χ3v) is 3.10. The fourth-order valence-corrected chi connectivity index (χ4v) is 2.00. The van der Waals surface area contributed by atoms with Gasteiger partial charge >= 0.3 is 0 Å². The van der Waals surface area contributed by atoms with Crippen LogP contribution in [0, 0.1) is 0 Å². The van der Waals surface area contributed by atoms with Crippen LogP contribution >= 0.6 is 0 Å². The van der Waals surface area contributed by atoms with Gasteiger partial charge in [-0.2, -0.15) is 0 Å². The second-order valence-electron chi connectivity index (χ2n) is 4.31. The molecule has 0 heterocycles. The number of alkyl halides is 2. The van der Waals surface area contributed by atoms with Gasteiger partial charge in [0.05, 0.1) is 0 Å². The monoisotopic (exact) mass is 264 g/mol. The summed E-state index contributed by atoms with van der Waals surface area (Å²) in [7, 11) is 0. The molecule has 0 saturated carbocycles. The van der Waals surface area contributed by atoms with Crippen LogP contribution in [0.4, 0.5) is 8.78 Å². The summed E-state index contributed by atoms with van der Waals surface area (Å²) >= 11 is 0. The van der Waals surface area contributed by atoms with Crippen molar-refractivity contribution in [3.63, 3.8) is 0 Å². The highest BCUT2D eigenvalue weighted by Gasteiger charge is 2.47. The van der Waals surface area contributed by atoms with Crippen molar-refractivity contribution in [2.45, 2.75) is 18.1 Å². The number of hydrogen-bond acceptors (Lipinski definition) is 2. The Bertz CT molecular complexity index is 516. The third-order valence-electron chi connectivity index (χ3n) is 3.10. The minimum absolute atomic E-state index is 0.0126. The topological polar surface area (TPSA) is 40.5 Å². The molecule has 0 radical (unpaired) electrons. The summed E-state index contributed by atoms with van der Waals surface area (Å²) in [5, 5.41) is 20.4. The quantitative estimate of drug-likeness (QED) is 0.891. The zero-order chi connectivity index (χ0) is 13.9. The Hall–Kier alpha value is -1.78. The Morgan fingerprint density at radius 1 is 0.842 bits per heavy atom. The second kappa shape index (κ2) is 5.47. The maximum absolute atomic E-state index is 13.3. The van der Waals surface area contributed by atoms with E-state index in [0.29, 0.717) is 0 Å². The molecule has 19 heavy (non-hydrogen) atoms. The van der Waals surface area contributed by atoms with Crippen molar-refractivity contribution in [3.8, 4) is 0 Å². The number of rotatable bonds is 4. The van der Waals surface area contributed by atoms with E-state index in [9.17, 15) is 19.0 Å². The van der Waals surface area contributed by atoms with E-state index in [-0.39, 0.29) is 11.1 Å². The van der Waals surface area contributed by atoms with Gasteiger partial charge in [-0.05, 0) is 11.1 Å². The van der Waals surface area contributed by atoms with Gasteiger partial charge in [-0.1, -0.05) is 60.7 Å². The molecule has 2 N–H and O–H groups in total. The molecule has 0 aliphatic rings. The van der Waals surface area contributed by atoms with E-state index in [1.54, 1.807) is 36.4 Å². The van der Waals surface area contributed by atoms with Crippen molar-refractivity contribution in [2.24, 2.45) is 0 Å². The molecule has 0 aromatic heterocycles. The normalized spacial score (nSPS) is 16.1. The van der Waals surface area contributed by atoms with Crippen LogP contribution in [0.3, 0.4) is 0 Å². The van der Waals surface area contributed by atoms with Crippen LogP contribution < -0.4 is 0 Å². The summed E-state index contributed by atoms with van der Waals surface area (Å²) in [4.78, 5) is 0. The minimum Gasteiger partial charge on any atom is -0.385 e. The number of aliphatic hydroxyl groups is 2. The molecule has 2 atom stereocenters. The van der Waals surface area contributed by atoms with Gasteiger partial charge in [0.25, 0.3) is 6.43 Å². The molecule has 0 amide bonds. The van der Waals surface area contributed by atoms with Gasteiger partial charge < -0.3 is 10.2 Å². The predicted octanol–water partition coefficient (Wildman–Crippen LogP) is 2.87. The van der Waals surface area contributed by atoms with Crippen LogP contribution in [0.5, 0.6) is 0 Å². The number of halogens is 2. The van der Waals surface area contributed by atoms with Crippen molar-refractivity contribution in [1.82, 2.24) is 0 Å². The van der Waals surface area contributed by atoms with Crippen molar-refractivity contribution >= 4 is 0 Å². The lowest BCUT2D eigenvalue weighted by molar-refractivity contribution is -0.171. The molecule has 4 heteroatoms. The molecule has 0 fully saturated rings. The first-order valence-electron chi connectivity index (χ1n) is 5.86. The highest BCUT2D eigenvalue weighted by molar-refractivity contribution is 5.30. The Morgan fingerprint density at radius 3 is 1.79 bits per heavy atom. The van der Waals surface area contributed by atoms with Gasteiger partial charge in [0.15, 0.2) is 5.60 Å². The molecule has 0 aliphatic heterocycles. The number of aliphatic hydroxyl groups excluding tert-OH is 1. The van der Waals surface area contributed by atoms with Crippen LogP contribution in [0.25, 0.3) is 0 Å². The van der Waals surface area contributed by atoms with Gasteiger partial charge in [-0.3, -0.25) is 0 Å². The van der Waals surface area contributed by atoms with Gasteiger partial charge in [0.2, 0.25) is 0 Å². The second-order valence-corrected chi connectivity index (χ2v) is 4.31. The number of benzene rings is 2. The Labute approximate surface area is 110 Å². The summed E-state index contributed by atoms with van der Waals surface area (Å²) < 4.78 is 26.6. The standard InChI is InChI=1S/C15H14F2O2/c16-14(17)15(19,12-9-5-2-6-10-12)13(18)11-7-3-1-4-8-11/h1-10,13-14,18-19H/t13-,15-/m0/s1. The molecule has 0 spiro atoms. The molecule has 2 aromatic carbocycles. The Morgan fingerprint density at radius 2 is 1.32 bits per heavy atom. The van der Waals surface area contributed by atoms with E-state index < -0.39 is 18.1 Å². The summed E-state index contributed by atoms with van der Waals surface area (Å²) in [5.41, 5.74) is -2.39. The van der Waals surface area contributed by atoms with Gasteiger partial charge in [0.1, 0.15) is 6.10 Å². The summed E-state index contributed by atoms with van der Waals surface area (Å²) in [6.07, 6.45) is -4.80. The van der Waals surface area contributed by atoms with Crippen LogP contribution in [0.1, 0.15) is 17.2 Å². The van der Waals surface area contributed by atoms with Gasteiger partial charge in [0, 0.05) is 0 Å². The molecular weight excluding hydrogens is 250 g/mol. The van der Waals surface area contributed by atoms with Crippen LogP contribution in [-0.2, 0) is 5.60 Å². The van der Waals surface area contributed by atoms with Gasteiger partial charge in [-0.15, -0.1) is 0 Å². The Kier molecular flexibility index (Phi) is 3.93. The first-order valence-corrected chi connectivity index (χ1v) is 5.86. The van der Waals surface area contributed by atoms with Crippen molar-refractivity contribution < 1.29 is 19.0 Å². The maximum Gasteiger partial charge on any atom is 0.273 e. The summed E-state index contributed by atoms with van der Waals surface area (Å²) in [6.45, 7) is 0. The number of hydrogen-bond donors (Lipinski definition) is 2. The minimum atomic E-state index is -3.11. The zero-order valence-electron chi connectivity index (χ0n) is 10.1. The maximum atomic E-state index is 13.3. The van der Waals surface area contributed by atoms with Crippen LogP contribution in [-0.4, -0.2) is 16.6 Å². The van der Waals surface area contributed by atoms with Crippen molar-refractivity contribution in [1.29, 1.82) is 0 Å². The first-order chi connectivity index (χ1) is 9.06. The zero-order valence-corrected chi connectivity index (χ0v) is 10.1. The smallest absolute Gasteiger partial charge is 0.273 e. The average Bonchev–Trinajstić information content (AvgIpc) is 2.47. The summed E-state index contributed by atoms with van der Waals surface area (Å²) in [5.74, 6) is 0. The molecule has 0 aliphatic carbocycles. The molecule has 2 aromatic rings. The highest BCUT2D eigenvalue weighted by atomic mass is 19.3. The van der Waals surface area contributed by atoms with Crippen molar-refractivity contribution in [3.05, 3.63) is 71.8 Å². The molecule has 2 nitrogen and oxygen atoms in total. The average molecular weight is 264 g/mol. The van der Waals surface area contributed by atoms with E-state index >= 15 is 0 Å². The summed E-state index contributed by atoms with van der Waals surface area (Å²) in [6, 6.07) is 15.4. The predicted molar refractivity (Wildman–Crippen MR) is 67.7 cm³/mol. The van der Waals surface area contributed by atoms with E-state index in [4.69, 9.17) is 0 Å². The molecule has 0 saturated heterocycles. The van der Waals surface area contributed by atoms with E-state index in [1.165, 1.54) is 24.3 Å². The van der Waals surface area contributed by atoms with E-state index in [1.807, 2.05) is 0 Å². The lowest BCUT2D eigenvalue weighted by atomic mass is 9.85. The SMILES string of the molecule is O[C@@H](c1ccccc1)[C@@](O)(c1ccccc1)C(F)F. The first kappa shape index (κ1) is 13.6. The lowest BCUT2D eigenvalue weighted by Crippen LogP contribution is -2.40. The highest BCUT2D eigenvalue weighted by Crippen LogP contribution is 2.39. The van der Waals surface area contributed by atoms with E-state index in [0.717, 1.165) is 0 Å². The van der Waals surface area contributed by atoms with E-state index in [2.05, 4.69) is 0 Å². The molecule has 100 valence electrons. The Balaban J connectivity index is 2.46. The molecule has 0 unspecified atom stereocenters.